The van der Waals surface area contributed by atoms with E-state index in [4.69, 9.17) is 53.7 Å². The number of methoxy groups -OCH3 is 1. The lowest BCUT2D eigenvalue weighted by Gasteiger charge is -2.14. The summed E-state index contributed by atoms with van der Waals surface area (Å²) in [5.41, 5.74) is 2.17. The molecule has 0 spiro atoms. The van der Waals surface area contributed by atoms with Crippen LogP contribution in [0, 0.1) is 0 Å². The molecule has 0 fully saturated rings. The van der Waals surface area contributed by atoms with Crippen LogP contribution in [0.4, 0.5) is 0 Å². The second kappa shape index (κ2) is 11.3. The van der Waals surface area contributed by atoms with Crippen molar-refractivity contribution in [3.63, 3.8) is 0 Å². The number of hydrogen-bond donors (Lipinski definition) is 0. The summed E-state index contributed by atoms with van der Waals surface area (Å²) >= 11 is 18.9. The maximum atomic E-state index is 13.5. The Morgan fingerprint density at radius 1 is 0.951 bits per heavy atom. The minimum absolute atomic E-state index is 0.151. The molecule has 0 unspecified atom stereocenters. The molecule has 0 aliphatic rings. The van der Waals surface area contributed by atoms with Crippen LogP contribution < -0.4 is 15.0 Å². The number of rotatable bonds is 7. The quantitative estimate of drug-likeness (QED) is 0.172. The lowest BCUT2D eigenvalue weighted by Crippen LogP contribution is -2.20. The summed E-state index contributed by atoms with van der Waals surface area (Å²) in [7, 11) is 1.51. The van der Waals surface area contributed by atoms with E-state index in [1.807, 2.05) is 36.4 Å². The summed E-state index contributed by atoms with van der Waals surface area (Å²) in [4.78, 5) is 18.3. The zero-order chi connectivity index (χ0) is 28.5. The van der Waals surface area contributed by atoms with Crippen LogP contribution in [-0.4, -0.2) is 23.0 Å². The molecular formula is C31H20Cl3N3O4. The first-order valence-corrected chi connectivity index (χ1v) is 13.5. The van der Waals surface area contributed by atoms with Gasteiger partial charge in [0.1, 0.15) is 12.2 Å². The smallest absolute Gasteiger partial charge is 0.282 e. The fourth-order valence-corrected chi connectivity index (χ4v) is 5.09. The van der Waals surface area contributed by atoms with Crippen LogP contribution in [-0.2, 0) is 6.61 Å². The number of fused-ring (bicyclic) bond motifs is 2. The van der Waals surface area contributed by atoms with Gasteiger partial charge in [-0.25, -0.2) is 4.98 Å². The van der Waals surface area contributed by atoms with Crippen molar-refractivity contribution < 1.29 is 13.9 Å². The molecule has 41 heavy (non-hydrogen) atoms. The summed E-state index contributed by atoms with van der Waals surface area (Å²) in [5.74, 6) is 1.39. The molecule has 204 valence electrons. The highest BCUT2D eigenvalue weighted by Gasteiger charge is 2.17. The predicted molar refractivity (Wildman–Crippen MR) is 163 cm³/mol. The van der Waals surface area contributed by atoms with Crippen LogP contribution in [0.3, 0.4) is 0 Å². The lowest BCUT2D eigenvalue weighted by molar-refractivity contribution is 0.285. The van der Waals surface area contributed by atoms with E-state index in [0.29, 0.717) is 49.4 Å². The van der Waals surface area contributed by atoms with E-state index in [2.05, 4.69) is 5.10 Å². The highest BCUT2D eigenvalue weighted by atomic mass is 35.5. The van der Waals surface area contributed by atoms with Crippen molar-refractivity contribution in [2.75, 3.05) is 7.11 Å². The number of benzene rings is 4. The van der Waals surface area contributed by atoms with Gasteiger partial charge in [-0.1, -0.05) is 71.2 Å². The molecule has 7 nitrogen and oxygen atoms in total. The molecule has 0 saturated carbocycles. The fourth-order valence-electron chi connectivity index (χ4n) is 4.35. The topological polar surface area (TPSA) is 78.9 Å². The van der Waals surface area contributed by atoms with E-state index in [1.54, 1.807) is 48.5 Å². The van der Waals surface area contributed by atoms with Gasteiger partial charge in [0.15, 0.2) is 17.3 Å². The minimum atomic E-state index is -0.347. The van der Waals surface area contributed by atoms with Crippen LogP contribution in [0.2, 0.25) is 15.1 Å². The van der Waals surface area contributed by atoms with Crippen molar-refractivity contribution in [3.05, 3.63) is 121 Å². The monoisotopic (exact) mass is 603 g/mol. The first-order valence-electron chi connectivity index (χ1n) is 12.4. The molecule has 0 bridgehead atoms. The number of ether oxygens (including phenoxy) is 2. The Morgan fingerprint density at radius 2 is 1.76 bits per heavy atom. The Labute approximate surface area is 249 Å². The molecule has 0 aliphatic carbocycles. The zero-order valence-electron chi connectivity index (χ0n) is 21.5. The number of furan rings is 1. The van der Waals surface area contributed by atoms with Gasteiger partial charge in [0.05, 0.1) is 29.2 Å². The van der Waals surface area contributed by atoms with Gasteiger partial charge in [0.25, 0.3) is 5.56 Å². The molecule has 4 aromatic carbocycles. The first-order chi connectivity index (χ1) is 19.9. The molecule has 0 atom stereocenters. The minimum Gasteiger partial charge on any atom is -0.493 e. The molecule has 0 aliphatic heterocycles. The van der Waals surface area contributed by atoms with Crippen molar-refractivity contribution in [1.29, 1.82) is 0 Å². The summed E-state index contributed by atoms with van der Waals surface area (Å²) in [6, 6.07) is 25.0. The number of para-hydroxylation sites is 2. The van der Waals surface area contributed by atoms with Crippen LogP contribution >= 0.6 is 34.8 Å². The van der Waals surface area contributed by atoms with Crippen molar-refractivity contribution in [3.8, 4) is 23.1 Å². The van der Waals surface area contributed by atoms with E-state index in [0.717, 1.165) is 10.9 Å². The maximum Gasteiger partial charge on any atom is 0.282 e. The summed E-state index contributed by atoms with van der Waals surface area (Å²) in [5, 5.41) is 7.10. The van der Waals surface area contributed by atoms with Gasteiger partial charge in [0, 0.05) is 21.0 Å². The third kappa shape index (κ3) is 5.39. The Hall–Kier alpha value is -4.30. The van der Waals surface area contributed by atoms with E-state index >= 15 is 0 Å². The Bertz CT molecular complexity index is 1980. The normalized spacial score (nSPS) is 11.5. The van der Waals surface area contributed by atoms with Gasteiger partial charge in [-0.2, -0.15) is 9.78 Å². The highest BCUT2D eigenvalue weighted by Crippen LogP contribution is 2.37. The van der Waals surface area contributed by atoms with Crippen LogP contribution in [0.5, 0.6) is 11.5 Å². The van der Waals surface area contributed by atoms with Gasteiger partial charge in [-0.15, -0.1) is 0 Å². The summed E-state index contributed by atoms with van der Waals surface area (Å²) in [6.07, 6.45) is 1.50. The lowest BCUT2D eigenvalue weighted by atomic mass is 10.2. The Morgan fingerprint density at radius 3 is 2.56 bits per heavy atom. The van der Waals surface area contributed by atoms with Gasteiger partial charge in [-0.05, 0) is 54.1 Å². The van der Waals surface area contributed by atoms with E-state index in [9.17, 15) is 4.79 Å². The summed E-state index contributed by atoms with van der Waals surface area (Å²) in [6.45, 7) is 0.151. The number of hydrogen-bond acceptors (Lipinski definition) is 6. The second-order valence-electron chi connectivity index (χ2n) is 9.02. The Balaban J connectivity index is 1.38. The van der Waals surface area contributed by atoms with Crippen molar-refractivity contribution in [1.82, 2.24) is 9.66 Å². The standard InChI is InChI=1S/C31H20Cl3N3O4/c1-39-27-13-18(12-24(34)29(27)40-17-20-10-11-21(32)15-23(20)33)16-35-37-30(28-14-19-6-2-5-9-26(19)41-28)36-25-8-4-3-7-22(25)31(37)38/h2-16H,17H2,1H3. The average Bonchev–Trinajstić information content (AvgIpc) is 3.41. The number of aromatic nitrogens is 2. The molecule has 10 heteroatoms. The third-order valence-corrected chi connectivity index (χ3v) is 7.23. The predicted octanol–water partition coefficient (Wildman–Crippen LogP) is 8.24. The summed E-state index contributed by atoms with van der Waals surface area (Å²) < 4.78 is 18.7. The average molecular weight is 605 g/mol. The largest absolute Gasteiger partial charge is 0.493 e. The number of halogens is 3. The highest BCUT2D eigenvalue weighted by molar-refractivity contribution is 6.35. The molecule has 0 radical (unpaired) electrons. The third-order valence-electron chi connectivity index (χ3n) is 6.36. The first kappa shape index (κ1) is 26.9. The molecule has 0 amide bonds. The van der Waals surface area contributed by atoms with Crippen LogP contribution in [0.1, 0.15) is 11.1 Å². The second-order valence-corrected chi connectivity index (χ2v) is 10.3. The van der Waals surface area contributed by atoms with E-state index < -0.39 is 0 Å². The maximum absolute atomic E-state index is 13.5. The molecule has 2 heterocycles. The van der Waals surface area contributed by atoms with Crippen LogP contribution in [0.25, 0.3) is 33.5 Å². The zero-order valence-corrected chi connectivity index (χ0v) is 23.7. The van der Waals surface area contributed by atoms with E-state index in [1.165, 1.54) is 18.0 Å². The molecule has 6 rings (SSSR count). The molecule has 0 N–H and O–H groups in total. The molecular weight excluding hydrogens is 585 g/mol. The van der Waals surface area contributed by atoms with Gasteiger partial charge < -0.3 is 13.9 Å². The molecule has 0 saturated heterocycles. The van der Waals surface area contributed by atoms with Crippen molar-refractivity contribution in [2.24, 2.45) is 5.10 Å². The Kier molecular flexibility index (Phi) is 7.41. The molecule has 2 aromatic heterocycles. The van der Waals surface area contributed by atoms with Gasteiger partial charge in [-0.3, -0.25) is 4.79 Å². The van der Waals surface area contributed by atoms with Gasteiger partial charge in [0.2, 0.25) is 5.82 Å². The van der Waals surface area contributed by atoms with Gasteiger partial charge >= 0.3 is 0 Å². The van der Waals surface area contributed by atoms with Crippen LogP contribution in [0.15, 0.2) is 99.2 Å². The van der Waals surface area contributed by atoms with Crippen molar-refractivity contribution in [2.45, 2.75) is 6.61 Å². The number of nitrogens with zero attached hydrogens (tertiary/aromatic N) is 3. The van der Waals surface area contributed by atoms with E-state index in [-0.39, 0.29) is 23.0 Å². The fraction of sp³-hybridized carbons (Fsp3) is 0.0645. The SMILES string of the molecule is COc1cc(C=Nn2c(-c3cc4ccccc4o3)nc3ccccc3c2=O)cc(Cl)c1OCc1ccc(Cl)cc1Cl. The van der Waals surface area contributed by atoms with Crippen molar-refractivity contribution >= 4 is 62.9 Å². The molecule has 6 aromatic rings.